The summed E-state index contributed by atoms with van der Waals surface area (Å²) in [5.74, 6) is -1.85. The lowest BCUT2D eigenvalue weighted by Gasteiger charge is -2.11. The first-order valence-electron chi connectivity index (χ1n) is 3.91. The zero-order valence-electron chi connectivity index (χ0n) is 7.51. The van der Waals surface area contributed by atoms with E-state index in [0.717, 1.165) is 6.92 Å². The maximum atomic E-state index is 10.7. The minimum atomic E-state index is -1.28. The predicted molar refractivity (Wildman–Crippen MR) is 46.4 cm³/mol. The molecule has 0 aliphatic heterocycles. The Bertz CT molecular complexity index is 336. The lowest BCUT2D eigenvalue weighted by Crippen LogP contribution is -2.17. The smallest absolute Gasteiger partial charge is 0.349 e. The highest BCUT2D eigenvalue weighted by molar-refractivity contribution is 5.78. The molecule has 0 fully saturated rings. The standard InChI is InChI=1S/C9H9NO4/c1-6(11)14-8(9(12)13)7-3-2-4-10-5-7/h2-5,8H,1H3,(H,12,13)/t8-/m0/s1. The number of hydrogen-bond acceptors (Lipinski definition) is 4. The maximum Gasteiger partial charge on any atom is 0.349 e. The number of carboxylic acid groups (broad SMARTS) is 1. The fraction of sp³-hybridized carbons (Fsp3) is 0.222. The zero-order chi connectivity index (χ0) is 10.6. The molecule has 0 bridgehead atoms. The average molecular weight is 195 g/mol. The summed E-state index contributed by atoms with van der Waals surface area (Å²) in [6.45, 7) is 1.16. The zero-order valence-corrected chi connectivity index (χ0v) is 7.51. The van der Waals surface area contributed by atoms with E-state index in [9.17, 15) is 9.59 Å². The number of carboxylic acids is 1. The van der Waals surface area contributed by atoms with Crippen LogP contribution in [0.5, 0.6) is 0 Å². The van der Waals surface area contributed by atoms with Gasteiger partial charge in [0.2, 0.25) is 6.10 Å². The number of pyridine rings is 1. The molecule has 5 nitrogen and oxygen atoms in total. The first-order chi connectivity index (χ1) is 6.61. The van der Waals surface area contributed by atoms with Crippen molar-refractivity contribution in [1.82, 2.24) is 4.98 Å². The summed E-state index contributed by atoms with van der Waals surface area (Å²) in [5, 5.41) is 8.77. The Morgan fingerprint density at radius 2 is 2.29 bits per heavy atom. The molecule has 1 rings (SSSR count). The lowest BCUT2D eigenvalue weighted by molar-refractivity contribution is -0.163. The van der Waals surface area contributed by atoms with E-state index in [1.165, 1.54) is 18.5 Å². The molecule has 1 aromatic rings. The Kier molecular flexibility index (Phi) is 3.17. The van der Waals surface area contributed by atoms with Gasteiger partial charge in [0.15, 0.2) is 0 Å². The average Bonchev–Trinajstić information content (AvgIpc) is 2.15. The van der Waals surface area contributed by atoms with Crippen LogP contribution in [0.4, 0.5) is 0 Å². The highest BCUT2D eigenvalue weighted by Gasteiger charge is 2.22. The Labute approximate surface area is 80.3 Å². The molecule has 0 spiro atoms. The minimum Gasteiger partial charge on any atom is -0.478 e. The quantitative estimate of drug-likeness (QED) is 0.721. The van der Waals surface area contributed by atoms with Gasteiger partial charge in [-0.15, -0.1) is 0 Å². The number of ether oxygens (including phenoxy) is 1. The molecule has 0 radical (unpaired) electrons. The molecular formula is C9H9NO4. The minimum absolute atomic E-state index is 0.343. The van der Waals surface area contributed by atoms with Gasteiger partial charge in [0.25, 0.3) is 0 Å². The van der Waals surface area contributed by atoms with Crippen LogP contribution in [0.1, 0.15) is 18.6 Å². The molecule has 74 valence electrons. The summed E-state index contributed by atoms with van der Waals surface area (Å²) in [4.78, 5) is 25.1. The molecule has 0 aliphatic rings. The first-order valence-corrected chi connectivity index (χ1v) is 3.91. The molecular weight excluding hydrogens is 186 g/mol. The molecule has 0 aromatic carbocycles. The van der Waals surface area contributed by atoms with Gasteiger partial charge in [-0.2, -0.15) is 0 Å². The summed E-state index contributed by atoms with van der Waals surface area (Å²) in [5.41, 5.74) is 0.343. The number of carbonyl (C=O) groups is 2. The van der Waals surface area contributed by atoms with Gasteiger partial charge in [0, 0.05) is 24.9 Å². The second-order valence-electron chi connectivity index (χ2n) is 2.61. The van der Waals surface area contributed by atoms with E-state index in [2.05, 4.69) is 9.72 Å². The third-order valence-corrected chi connectivity index (χ3v) is 1.50. The van der Waals surface area contributed by atoms with Crippen molar-refractivity contribution in [2.45, 2.75) is 13.0 Å². The summed E-state index contributed by atoms with van der Waals surface area (Å²) >= 11 is 0. The molecule has 1 aromatic heterocycles. The second-order valence-corrected chi connectivity index (χ2v) is 2.61. The van der Waals surface area contributed by atoms with Crippen LogP contribution in [0.25, 0.3) is 0 Å². The molecule has 1 atom stereocenters. The Morgan fingerprint density at radius 1 is 1.57 bits per heavy atom. The van der Waals surface area contributed by atoms with Crippen molar-refractivity contribution in [3.05, 3.63) is 30.1 Å². The number of esters is 1. The van der Waals surface area contributed by atoms with Crippen LogP contribution >= 0.6 is 0 Å². The summed E-state index contributed by atoms with van der Waals surface area (Å²) in [7, 11) is 0. The van der Waals surface area contributed by atoms with Gasteiger partial charge < -0.3 is 9.84 Å². The first kappa shape index (κ1) is 10.2. The fourth-order valence-electron chi connectivity index (χ4n) is 0.958. The summed E-state index contributed by atoms with van der Waals surface area (Å²) < 4.78 is 4.62. The third-order valence-electron chi connectivity index (χ3n) is 1.50. The van der Waals surface area contributed by atoms with Crippen LogP contribution in [0.3, 0.4) is 0 Å². The predicted octanol–water partition coefficient (Wildman–Crippen LogP) is 0.770. The molecule has 0 aliphatic carbocycles. The van der Waals surface area contributed by atoms with Crippen LogP contribution in [0.2, 0.25) is 0 Å². The highest BCUT2D eigenvalue weighted by Crippen LogP contribution is 2.16. The van der Waals surface area contributed by atoms with E-state index in [1.54, 1.807) is 6.07 Å². The molecule has 0 saturated carbocycles. The molecule has 1 N–H and O–H groups in total. The number of aliphatic carboxylic acids is 1. The van der Waals surface area contributed by atoms with Gasteiger partial charge >= 0.3 is 11.9 Å². The largest absolute Gasteiger partial charge is 0.478 e. The van der Waals surface area contributed by atoms with Crippen molar-refractivity contribution in [2.75, 3.05) is 0 Å². The molecule has 5 heteroatoms. The number of carbonyl (C=O) groups excluding carboxylic acids is 1. The van der Waals surface area contributed by atoms with E-state index < -0.39 is 18.0 Å². The van der Waals surface area contributed by atoms with Gasteiger partial charge in [0.05, 0.1) is 0 Å². The second kappa shape index (κ2) is 4.36. The molecule has 0 saturated heterocycles. The van der Waals surface area contributed by atoms with Gasteiger partial charge in [-0.05, 0) is 6.07 Å². The van der Waals surface area contributed by atoms with E-state index in [1.807, 2.05) is 0 Å². The van der Waals surface area contributed by atoms with Crippen LogP contribution in [-0.4, -0.2) is 22.0 Å². The van der Waals surface area contributed by atoms with Gasteiger partial charge in [0.1, 0.15) is 0 Å². The molecule has 0 amide bonds. The van der Waals surface area contributed by atoms with Crippen molar-refractivity contribution < 1.29 is 19.4 Å². The fourth-order valence-corrected chi connectivity index (χ4v) is 0.958. The molecule has 0 unspecified atom stereocenters. The van der Waals surface area contributed by atoms with Gasteiger partial charge in [-0.3, -0.25) is 9.78 Å². The van der Waals surface area contributed by atoms with Crippen molar-refractivity contribution in [3.8, 4) is 0 Å². The van der Waals surface area contributed by atoms with Gasteiger partial charge in [-0.1, -0.05) is 6.07 Å². The monoisotopic (exact) mass is 195 g/mol. The van der Waals surface area contributed by atoms with Gasteiger partial charge in [-0.25, -0.2) is 4.79 Å². The topological polar surface area (TPSA) is 76.5 Å². The van der Waals surface area contributed by atoms with Crippen LogP contribution in [-0.2, 0) is 14.3 Å². The normalized spacial score (nSPS) is 11.8. The lowest BCUT2D eigenvalue weighted by atomic mass is 10.2. The van der Waals surface area contributed by atoms with E-state index in [0.29, 0.717) is 5.56 Å². The van der Waals surface area contributed by atoms with E-state index in [-0.39, 0.29) is 0 Å². The maximum absolute atomic E-state index is 10.7. The van der Waals surface area contributed by atoms with Crippen LogP contribution in [0, 0.1) is 0 Å². The number of nitrogens with zero attached hydrogens (tertiary/aromatic N) is 1. The summed E-state index contributed by atoms with van der Waals surface area (Å²) in [6.07, 6.45) is 1.58. The van der Waals surface area contributed by atoms with Crippen molar-refractivity contribution in [1.29, 1.82) is 0 Å². The molecule has 14 heavy (non-hydrogen) atoms. The number of hydrogen-bond donors (Lipinski definition) is 1. The number of rotatable bonds is 3. The Hall–Kier alpha value is -1.91. The summed E-state index contributed by atoms with van der Waals surface area (Å²) in [6, 6.07) is 3.11. The third kappa shape index (κ3) is 2.55. The number of aromatic nitrogens is 1. The van der Waals surface area contributed by atoms with Crippen LogP contribution < -0.4 is 0 Å². The van der Waals surface area contributed by atoms with Crippen LogP contribution in [0.15, 0.2) is 24.5 Å². The van der Waals surface area contributed by atoms with Crippen molar-refractivity contribution >= 4 is 11.9 Å². The highest BCUT2D eigenvalue weighted by atomic mass is 16.6. The SMILES string of the molecule is CC(=O)O[C@H](C(=O)O)c1cccnc1. The van der Waals surface area contributed by atoms with E-state index >= 15 is 0 Å². The Morgan fingerprint density at radius 3 is 2.71 bits per heavy atom. The van der Waals surface area contributed by atoms with Crippen molar-refractivity contribution in [2.24, 2.45) is 0 Å². The van der Waals surface area contributed by atoms with Crippen molar-refractivity contribution in [3.63, 3.8) is 0 Å². The molecule has 1 heterocycles. The Balaban J connectivity index is 2.89. The van der Waals surface area contributed by atoms with E-state index in [4.69, 9.17) is 5.11 Å².